The Balaban J connectivity index is 1.55. The van der Waals surface area contributed by atoms with E-state index in [-0.39, 0.29) is 24.2 Å². The molecule has 3 rings (SSSR count). The van der Waals surface area contributed by atoms with Gasteiger partial charge >= 0.3 is 0 Å². The van der Waals surface area contributed by atoms with Crippen molar-refractivity contribution in [3.8, 4) is 16.9 Å². The van der Waals surface area contributed by atoms with E-state index >= 15 is 0 Å². The van der Waals surface area contributed by atoms with Crippen molar-refractivity contribution in [2.45, 2.75) is 45.5 Å². The maximum absolute atomic E-state index is 14.4. The van der Waals surface area contributed by atoms with Gasteiger partial charge in [0.2, 0.25) is 5.82 Å². The van der Waals surface area contributed by atoms with Gasteiger partial charge in [0, 0.05) is 5.56 Å². The predicted molar refractivity (Wildman–Crippen MR) is 110 cm³/mol. The Bertz CT molecular complexity index is 797. The highest BCUT2D eigenvalue weighted by Gasteiger charge is 2.21. The standard InChI is InChI=1S/C24H28F2O3/c1-3-5-6-17-9-14-22(28-15-17)29-16-18-7-10-19(11-8-18)20-12-13-21(27-4-2)24(26)23(20)25/h3,7-8,10-13,17,22H,1,4-6,9,14-16H2,2H3. The van der Waals surface area contributed by atoms with Crippen molar-refractivity contribution in [3.63, 3.8) is 0 Å². The summed E-state index contributed by atoms with van der Waals surface area (Å²) >= 11 is 0. The third-order valence-corrected chi connectivity index (χ3v) is 5.16. The van der Waals surface area contributed by atoms with Gasteiger partial charge in [-0.25, -0.2) is 4.39 Å². The molecule has 3 nitrogen and oxygen atoms in total. The highest BCUT2D eigenvalue weighted by molar-refractivity contribution is 5.65. The second kappa shape index (κ2) is 10.5. The van der Waals surface area contributed by atoms with E-state index in [1.54, 1.807) is 19.1 Å². The molecule has 0 spiro atoms. The molecular formula is C24H28F2O3. The van der Waals surface area contributed by atoms with Crippen molar-refractivity contribution in [1.29, 1.82) is 0 Å². The van der Waals surface area contributed by atoms with Gasteiger partial charge in [0.05, 0.1) is 19.8 Å². The smallest absolute Gasteiger partial charge is 0.201 e. The fourth-order valence-corrected chi connectivity index (χ4v) is 3.49. The van der Waals surface area contributed by atoms with Crippen LogP contribution in [-0.2, 0) is 16.1 Å². The average molecular weight is 402 g/mol. The molecule has 2 aromatic carbocycles. The second-order valence-electron chi connectivity index (χ2n) is 7.25. The molecule has 1 aliphatic rings. The molecule has 29 heavy (non-hydrogen) atoms. The molecule has 0 N–H and O–H groups in total. The monoisotopic (exact) mass is 402 g/mol. The molecule has 0 aliphatic carbocycles. The van der Waals surface area contributed by atoms with Crippen LogP contribution in [0, 0.1) is 17.6 Å². The molecule has 2 unspecified atom stereocenters. The molecule has 0 aromatic heterocycles. The third kappa shape index (κ3) is 5.64. The van der Waals surface area contributed by atoms with E-state index in [2.05, 4.69) is 6.58 Å². The number of rotatable bonds is 9. The van der Waals surface area contributed by atoms with Crippen molar-refractivity contribution in [1.82, 2.24) is 0 Å². The lowest BCUT2D eigenvalue weighted by atomic mass is 9.96. The molecular weight excluding hydrogens is 374 g/mol. The quantitative estimate of drug-likeness (QED) is 0.463. The molecule has 1 saturated heterocycles. The average Bonchev–Trinajstić information content (AvgIpc) is 2.75. The summed E-state index contributed by atoms with van der Waals surface area (Å²) in [7, 11) is 0. The minimum Gasteiger partial charge on any atom is -0.491 e. The van der Waals surface area contributed by atoms with Crippen LogP contribution in [0.2, 0.25) is 0 Å². The molecule has 1 aliphatic heterocycles. The minimum atomic E-state index is -0.961. The first-order valence-corrected chi connectivity index (χ1v) is 10.2. The lowest BCUT2D eigenvalue weighted by Crippen LogP contribution is -2.27. The number of hydrogen-bond donors (Lipinski definition) is 0. The van der Waals surface area contributed by atoms with Crippen LogP contribution in [0.1, 0.15) is 38.2 Å². The fourth-order valence-electron chi connectivity index (χ4n) is 3.49. The van der Waals surface area contributed by atoms with Crippen molar-refractivity contribution < 1.29 is 23.0 Å². The van der Waals surface area contributed by atoms with Crippen LogP contribution >= 0.6 is 0 Å². The SMILES string of the molecule is C=CCCC1CCC(OCc2ccc(-c3ccc(OCC)c(F)c3F)cc2)OC1. The Kier molecular flexibility index (Phi) is 7.78. The number of halogens is 2. The highest BCUT2D eigenvalue weighted by atomic mass is 19.2. The van der Waals surface area contributed by atoms with E-state index < -0.39 is 11.6 Å². The van der Waals surface area contributed by atoms with Gasteiger partial charge in [-0.2, -0.15) is 4.39 Å². The van der Waals surface area contributed by atoms with Crippen molar-refractivity contribution in [2.75, 3.05) is 13.2 Å². The molecule has 1 heterocycles. The zero-order valence-corrected chi connectivity index (χ0v) is 16.8. The van der Waals surface area contributed by atoms with Crippen LogP contribution in [0.15, 0.2) is 49.1 Å². The zero-order valence-electron chi connectivity index (χ0n) is 16.8. The molecule has 2 aromatic rings. The Morgan fingerprint density at radius 1 is 1.10 bits per heavy atom. The normalized spacial score (nSPS) is 19.1. The van der Waals surface area contributed by atoms with E-state index in [0.29, 0.717) is 18.1 Å². The van der Waals surface area contributed by atoms with Gasteiger partial charge < -0.3 is 14.2 Å². The molecule has 0 amide bonds. The first-order chi connectivity index (χ1) is 14.1. The molecule has 1 fully saturated rings. The molecule has 2 atom stereocenters. The number of allylic oxidation sites excluding steroid dienone is 1. The predicted octanol–water partition coefficient (Wildman–Crippen LogP) is 6.27. The van der Waals surface area contributed by atoms with E-state index in [4.69, 9.17) is 14.2 Å². The molecule has 0 saturated carbocycles. The van der Waals surface area contributed by atoms with Crippen molar-refractivity contribution in [2.24, 2.45) is 5.92 Å². The maximum atomic E-state index is 14.4. The van der Waals surface area contributed by atoms with Crippen molar-refractivity contribution in [3.05, 3.63) is 66.3 Å². The van der Waals surface area contributed by atoms with Gasteiger partial charge in [-0.15, -0.1) is 6.58 Å². The van der Waals surface area contributed by atoms with Gasteiger partial charge in [-0.1, -0.05) is 30.3 Å². The van der Waals surface area contributed by atoms with Gasteiger partial charge in [-0.3, -0.25) is 0 Å². The van der Waals surface area contributed by atoms with E-state index in [1.807, 2.05) is 18.2 Å². The number of ether oxygens (including phenoxy) is 3. The Morgan fingerprint density at radius 2 is 1.90 bits per heavy atom. The Morgan fingerprint density at radius 3 is 2.55 bits per heavy atom. The lowest BCUT2D eigenvalue weighted by molar-refractivity contribution is -0.181. The fraction of sp³-hybridized carbons (Fsp3) is 0.417. The van der Waals surface area contributed by atoms with Crippen LogP contribution in [0.5, 0.6) is 5.75 Å². The van der Waals surface area contributed by atoms with Crippen LogP contribution in [0.25, 0.3) is 11.1 Å². The highest BCUT2D eigenvalue weighted by Crippen LogP contribution is 2.30. The van der Waals surface area contributed by atoms with Crippen LogP contribution in [0.4, 0.5) is 8.78 Å². The summed E-state index contributed by atoms with van der Waals surface area (Å²) in [5, 5.41) is 0. The first kappa shape index (κ1) is 21.5. The van der Waals surface area contributed by atoms with Crippen LogP contribution in [0.3, 0.4) is 0 Å². The Hall–Kier alpha value is -2.24. The van der Waals surface area contributed by atoms with E-state index in [1.165, 1.54) is 12.1 Å². The van der Waals surface area contributed by atoms with E-state index in [9.17, 15) is 8.78 Å². The molecule has 0 bridgehead atoms. The summed E-state index contributed by atoms with van der Waals surface area (Å²) in [5.74, 6) is -1.35. The van der Waals surface area contributed by atoms with Gasteiger partial charge in [0.1, 0.15) is 0 Å². The second-order valence-corrected chi connectivity index (χ2v) is 7.25. The van der Waals surface area contributed by atoms with Gasteiger partial charge in [0.15, 0.2) is 17.9 Å². The Labute approximate surface area is 171 Å². The van der Waals surface area contributed by atoms with Crippen LogP contribution in [-0.4, -0.2) is 19.5 Å². The first-order valence-electron chi connectivity index (χ1n) is 10.2. The number of benzene rings is 2. The molecule has 5 heteroatoms. The summed E-state index contributed by atoms with van der Waals surface area (Å²) in [4.78, 5) is 0. The lowest BCUT2D eigenvalue weighted by Gasteiger charge is -2.28. The van der Waals surface area contributed by atoms with Crippen molar-refractivity contribution >= 4 is 0 Å². The summed E-state index contributed by atoms with van der Waals surface area (Å²) in [5.41, 5.74) is 1.77. The summed E-state index contributed by atoms with van der Waals surface area (Å²) in [6, 6.07) is 10.2. The summed E-state index contributed by atoms with van der Waals surface area (Å²) < 4.78 is 45.2. The third-order valence-electron chi connectivity index (χ3n) is 5.16. The summed E-state index contributed by atoms with van der Waals surface area (Å²) in [6.07, 6.45) is 5.87. The van der Waals surface area contributed by atoms with Crippen LogP contribution < -0.4 is 4.74 Å². The summed E-state index contributed by atoms with van der Waals surface area (Å²) in [6.45, 7) is 6.91. The van der Waals surface area contributed by atoms with E-state index in [0.717, 1.165) is 37.9 Å². The van der Waals surface area contributed by atoms with Gasteiger partial charge in [0.25, 0.3) is 0 Å². The maximum Gasteiger partial charge on any atom is 0.201 e. The van der Waals surface area contributed by atoms with Gasteiger partial charge in [-0.05, 0) is 61.8 Å². The zero-order chi connectivity index (χ0) is 20.6. The molecule has 156 valence electrons. The topological polar surface area (TPSA) is 27.7 Å². The largest absolute Gasteiger partial charge is 0.491 e. The number of hydrogen-bond acceptors (Lipinski definition) is 3. The minimum absolute atomic E-state index is 0.0713. The molecule has 0 radical (unpaired) electrons.